The SMILES string of the molecule is CCC(NC(=O)c1ccccc1)C(=O)Cl. The van der Waals surface area contributed by atoms with Crippen LogP contribution < -0.4 is 5.32 Å². The van der Waals surface area contributed by atoms with Crippen molar-refractivity contribution in [3.8, 4) is 0 Å². The number of benzene rings is 1. The van der Waals surface area contributed by atoms with E-state index in [1.165, 1.54) is 0 Å². The Kier molecular flexibility index (Phi) is 4.31. The molecular weight excluding hydrogens is 214 g/mol. The molecule has 0 saturated heterocycles. The molecule has 1 amide bonds. The zero-order chi connectivity index (χ0) is 11.3. The molecule has 1 aromatic rings. The average Bonchev–Trinajstić information content (AvgIpc) is 2.26. The molecule has 15 heavy (non-hydrogen) atoms. The third-order valence-electron chi connectivity index (χ3n) is 2.02. The van der Waals surface area contributed by atoms with Crippen molar-refractivity contribution in [2.24, 2.45) is 0 Å². The second-order valence-electron chi connectivity index (χ2n) is 3.10. The van der Waals surface area contributed by atoms with Crippen molar-refractivity contribution in [3.63, 3.8) is 0 Å². The molecule has 1 unspecified atom stereocenters. The maximum atomic E-state index is 11.6. The molecule has 1 aromatic carbocycles. The molecule has 1 atom stereocenters. The summed E-state index contributed by atoms with van der Waals surface area (Å²) in [4.78, 5) is 22.5. The molecule has 0 radical (unpaired) electrons. The fraction of sp³-hybridized carbons (Fsp3) is 0.273. The molecule has 0 aliphatic heterocycles. The molecule has 0 bridgehead atoms. The van der Waals surface area contributed by atoms with Crippen molar-refractivity contribution in [2.45, 2.75) is 19.4 Å². The first kappa shape index (κ1) is 11.7. The molecule has 80 valence electrons. The fourth-order valence-electron chi connectivity index (χ4n) is 1.15. The molecule has 3 nitrogen and oxygen atoms in total. The van der Waals surface area contributed by atoms with Crippen LogP contribution in [0.15, 0.2) is 30.3 Å². The Bertz CT molecular complexity index is 351. The summed E-state index contributed by atoms with van der Waals surface area (Å²) in [6, 6.07) is 8.10. The molecule has 0 aromatic heterocycles. The van der Waals surface area contributed by atoms with Gasteiger partial charge in [0.1, 0.15) is 6.04 Å². The van der Waals surface area contributed by atoms with E-state index in [4.69, 9.17) is 11.6 Å². The van der Waals surface area contributed by atoms with Crippen molar-refractivity contribution in [2.75, 3.05) is 0 Å². The van der Waals surface area contributed by atoms with Gasteiger partial charge in [-0.25, -0.2) is 0 Å². The van der Waals surface area contributed by atoms with E-state index in [-0.39, 0.29) is 5.91 Å². The van der Waals surface area contributed by atoms with Crippen LogP contribution in [-0.4, -0.2) is 17.2 Å². The van der Waals surface area contributed by atoms with Gasteiger partial charge in [-0.05, 0) is 30.2 Å². The molecule has 0 fully saturated rings. The molecule has 1 N–H and O–H groups in total. The minimum Gasteiger partial charge on any atom is -0.341 e. The number of amides is 1. The van der Waals surface area contributed by atoms with E-state index >= 15 is 0 Å². The van der Waals surface area contributed by atoms with Crippen LogP contribution in [0.2, 0.25) is 0 Å². The lowest BCUT2D eigenvalue weighted by molar-refractivity contribution is -0.113. The molecule has 0 heterocycles. The third kappa shape index (κ3) is 3.36. The summed E-state index contributed by atoms with van der Waals surface area (Å²) in [5, 5.41) is 2.02. The van der Waals surface area contributed by atoms with Crippen LogP contribution in [0.3, 0.4) is 0 Å². The van der Waals surface area contributed by atoms with Gasteiger partial charge in [0.2, 0.25) is 5.24 Å². The molecule has 0 spiro atoms. The number of carbonyl (C=O) groups excluding carboxylic acids is 2. The molecule has 1 rings (SSSR count). The van der Waals surface area contributed by atoms with Crippen LogP contribution in [0.4, 0.5) is 0 Å². The summed E-state index contributed by atoms with van der Waals surface area (Å²) in [5.74, 6) is -0.281. The topological polar surface area (TPSA) is 46.2 Å². The number of halogens is 1. The molecule has 0 aliphatic carbocycles. The van der Waals surface area contributed by atoms with Gasteiger partial charge in [-0.1, -0.05) is 25.1 Å². The molecule has 0 aliphatic rings. The monoisotopic (exact) mass is 225 g/mol. The molecular formula is C11H12ClNO2. The Hall–Kier alpha value is -1.35. The maximum Gasteiger partial charge on any atom is 0.251 e. The summed E-state index contributed by atoms with van der Waals surface area (Å²) in [5.41, 5.74) is 0.522. The highest BCUT2D eigenvalue weighted by molar-refractivity contribution is 6.64. The van der Waals surface area contributed by atoms with Gasteiger partial charge < -0.3 is 5.32 Å². The Morgan fingerprint density at radius 2 is 1.93 bits per heavy atom. The number of hydrogen-bond donors (Lipinski definition) is 1. The maximum absolute atomic E-state index is 11.6. The summed E-state index contributed by atoms with van der Waals surface area (Å²) < 4.78 is 0. The third-order valence-corrected chi connectivity index (χ3v) is 2.29. The van der Waals surface area contributed by atoms with E-state index in [9.17, 15) is 9.59 Å². The molecule has 4 heteroatoms. The van der Waals surface area contributed by atoms with Crippen molar-refractivity contribution >= 4 is 22.8 Å². The lowest BCUT2D eigenvalue weighted by Gasteiger charge is -2.12. The zero-order valence-electron chi connectivity index (χ0n) is 8.37. The summed E-state index contributed by atoms with van der Waals surface area (Å²) in [7, 11) is 0. The van der Waals surface area contributed by atoms with Crippen LogP contribution in [0.1, 0.15) is 23.7 Å². The highest BCUT2D eigenvalue weighted by atomic mass is 35.5. The van der Waals surface area contributed by atoms with Gasteiger partial charge >= 0.3 is 0 Å². The lowest BCUT2D eigenvalue weighted by Crippen LogP contribution is -2.38. The fourth-order valence-corrected chi connectivity index (χ4v) is 1.36. The number of rotatable bonds is 4. The van der Waals surface area contributed by atoms with Gasteiger partial charge in [0.15, 0.2) is 0 Å². The van der Waals surface area contributed by atoms with Crippen LogP contribution in [-0.2, 0) is 4.79 Å². The Balaban J connectivity index is 2.67. The Morgan fingerprint density at radius 1 is 1.33 bits per heavy atom. The van der Waals surface area contributed by atoms with Crippen molar-refractivity contribution in [1.29, 1.82) is 0 Å². The zero-order valence-corrected chi connectivity index (χ0v) is 9.12. The van der Waals surface area contributed by atoms with Crippen LogP contribution in [0.25, 0.3) is 0 Å². The highest BCUT2D eigenvalue weighted by Gasteiger charge is 2.16. The quantitative estimate of drug-likeness (QED) is 0.797. The predicted molar refractivity (Wildman–Crippen MR) is 58.8 cm³/mol. The predicted octanol–water partition coefficient (Wildman–Crippen LogP) is 1.96. The lowest BCUT2D eigenvalue weighted by atomic mass is 10.2. The first-order valence-electron chi connectivity index (χ1n) is 4.70. The summed E-state index contributed by atoms with van der Waals surface area (Å²) in [6.45, 7) is 1.79. The standard InChI is InChI=1S/C11H12ClNO2/c1-2-9(10(12)14)13-11(15)8-6-4-3-5-7-8/h3-7,9H,2H2,1H3,(H,13,15). The van der Waals surface area contributed by atoms with Crippen molar-refractivity contribution in [3.05, 3.63) is 35.9 Å². The second-order valence-corrected chi connectivity index (χ2v) is 3.48. The van der Waals surface area contributed by atoms with Gasteiger partial charge in [-0.3, -0.25) is 9.59 Å². The van der Waals surface area contributed by atoms with Gasteiger partial charge in [0.05, 0.1) is 0 Å². The first-order valence-corrected chi connectivity index (χ1v) is 5.08. The van der Waals surface area contributed by atoms with Crippen LogP contribution in [0.5, 0.6) is 0 Å². The normalized spacial score (nSPS) is 11.9. The minimum atomic E-state index is -0.612. The van der Waals surface area contributed by atoms with Crippen molar-refractivity contribution < 1.29 is 9.59 Å². The average molecular weight is 226 g/mol. The number of carbonyl (C=O) groups is 2. The Morgan fingerprint density at radius 3 is 2.40 bits per heavy atom. The van der Waals surface area contributed by atoms with E-state index in [1.54, 1.807) is 31.2 Å². The van der Waals surface area contributed by atoms with Gasteiger partial charge in [0, 0.05) is 5.56 Å². The van der Waals surface area contributed by atoms with Gasteiger partial charge in [-0.2, -0.15) is 0 Å². The number of nitrogens with one attached hydrogen (secondary N) is 1. The highest BCUT2D eigenvalue weighted by Crippen LogP contribution is 2.02. The van der Waals surface area contributed by atoms with E-state index in [1.807, 2.05) is 6.07 Å². The molecule has 0 saturated carbocycles. The van der Waals surface area contributed by atoms with Crippen molar-refractivity contribution in [1.82, 2.24) is 5.32 Å². The second kappa shape index (κ2) is 5.51. The van der Waals surface area contributed by atoms with E-state index in [2.05, 4.69) is 5.32 Å². The summed E-state index contributed by atoms with van der Waals surface area (Å²) in [6.07, 6.45) is 0.487. The first-order chi connectivity index (χ1) is 7.15. The summed E-state index contributed by atoms with van der Waals surface area (Å²) >= 11 is 5.32. The van der Waals surface area contributed by atoms with Crippen LogP contribution >= 0.6 is 11.6 Å². The largest absolute Gasteiger partial charge is 0.341 e. The van der Waals surface area contributed by atoms with E-state index in [0.717, 1.165) is 0 Å². The van der Waals surface area contributed by atoms with Gasteiger partial charge in [0.25, 0.3) is 5.91 Å². The minimum absolute atomic E-state index is 0.281. The van der Waals surface area contributed by atoms with E-state index < -0.39 is 11.3 Å². The Labute approximate surface area is 93.4 Å². The van der Waals surface area contributed by atoms with E-state index in [0.29, 0.717) is 12.0 Å². The van der Waals surface area contributed by atoms with Crippen LogP contribution in [0, 0.1) is 0 Å². The van der Waals surface area contributed by atoms with Gasteiger partial charge in [-0.15, -0.1) is 0 Å². The smallest absolute Gasteiger partial charge is 0.251 e. The number of hydrogen-bond acceptors (Lipinski definition) is 2.